The van der Waals surface area contributed by atoms with Crippen LogP contribution in [0, 0.1) is 17.2 Å². The smallest absolute Gasteiger partial charge is 0.0937 e. The van der Waals surface area contributed by atoms with E-state index in [1.54, 1.807) is 0 Å². The molecule has 2 nitrogen and oxygen atoms in total. The lowest BCUT2D eigenvalue weighted by molar-refractivity contribution is 0.463. The van der Waals surface area contributed by atoms with Crippen LogP contribution in [0.2, 0.25) is 0 Å². The van der Waals surface area contributed by atoms with Crippen LogP contribution in [0.1, 0.15) is 19.8 Å². The number of hydrogen-bond acceptors (Lipinski definition) is 1. The molecule has 0 radical (unpaired) electrons. The van der Waals surface area contributed by atoms with Crippen LogP contribution in [0.25, 0.3) is 0 Å². The topological polar surface area (TPSA) is 35.9 Å². The summed E-state index contributed by atoms with van der Waals surface area (Å²) in [5, 5.41) is 10.8. The highest BCUT2D eigenvalue weighted by Crippen LogP contribution is 2.58. The van der Waals surface area contributed by atoms with Crippen LogP contribution < -0.4 is 5.32 Å². The molecule has 2 rings (SSSR count). The number of rotatable bonds is 2. The molecule has 1 aliphatic carbocycles. The van der Waals surface area contributed by atoms with Crippen molar-refractivity contribution in [1.82, 2.24) is 5.32 Å². The minimum absolute atomic E-state index is 0. The maximum Gasteiger partial charge on any atom is 0.0937 e. The number of nitrogens with one attached hydrogen (secondary N) is 2. The number of amidine groups is 1. The summed E-state index contributed by atoms with van der Waals surface area (Å²) in [5.74, 6) is 1.71. The monoisotopic (exact) mass is 234 g/mol. The van der Waals surface area contributed by atoms with Gasteiger partial charge in [0.15, 0.2) is 0 Å². The van der Waals surface area contributed by atoms with Gasteiger partial charge in [-0.05, 0) is 12.3 Å². The highest BCUT2D eigenvalue weighted by atomic mass is 35.5. The maximum atomic E-state index is 7.59. The lowest BCUT2D eigenvalue weighted by atomic mass is 9.97. The highest BCUT2D eigenvalue weighted by Gasteiger charge is 2.66. The van der Waals surface area contributed by atoms with Crippen molar-refractivity contribution >= 4 is 29.8 Å². The minimum Gasteiger partial charge on any atom is -0.369 e. The summed E-state index contributed by atoms with van der Waals surface area (Å²) in [6, 6.07) is 0.309. The molecule has 0 aromatic rings. The van der Waals surface area contributed by atoms with Crippen LogP contribution in [0.5, 0.6) is 0 Å². The molecule has 80 valence electrons. The van der Waals surface area contributed by atoms with Gasteiger partial charge in [0, 0.05) is 12.3 Å². The van der Waals surface area contributed by atoms with Crippen molar-refractivity contribution in [3.63, 3.8) is 0 Å². The molecule has 2 unspecified atom stereocenters. The molecular formula is C10H16Cl2N2. The predicted octanol–water partition coefficient (Wildman–Crippen LogP) is 2.57. The van der Waals surface area contributed by atoms with Gasteiger partial charge < -0.3 is 5.32 Å². The highest BCUT2D eigenvalue weighted by molar-refractivity contribution is 6.27. The second kappa shape index (κ2) is 3.74. The van der Waals surface area contributed by atoms with E-state index in [2.05, 4.69) is 18.8 Å². The van der Waals surface area contributed by atoms with Gasteiger partial charge >= 0.3 is 0 Å². The second-order valence-corrected chi connectivity index (χ2v) is 4.93. The number of piperidine rings is 1. The Balaban J connectivity index is 0.000000980. The van der Waals surface area contributed by atoms with Gasteiger partial charge in [-0.3, -0.25) is 5.41 Å². The fourth-order valence-corrected chi connectivity index (χ4v) is 3.21. The van der Waals surface area contributed by atoms with E-state index in [1.165, 1.54) is 0 Å². The van der Waals surface area contributed by atoms with Crippen molar-refractivity contribution in [1.29, 1.82) is 5.41 Å². The molecule has 2 N–H and O–H groups in total. The van der Waals surface area contributed by atoms with Gasteiger partial charge in [-0.1, -0.05) is 13.0 Å². The van der Waals surface area contributed by atoms with Crippen LogP contribution in [0.15, 0.2) is 12.7 Å². The van der Waals surface area contributed by atoms with Crippen molar-refractivity contribution in [2.24, 2.45) is 11.8 Å². The first-order valence-electron chi connectivity index (χ1n) is 4.73. The molecule has 0 amide bonds. The van der Waals surface area contributed by atoms with Gasteiger partial charge in [0.2, 0.25) is 0 Å². The first-order valence-corrected chi connectivity index (χ1v) is 5.11. The molecule has 4 heteroatoms. The fraction of sp³-hybridized carbons (Fsp3) is 0.700. The summed E-state index contributed by atoms with van der Waals surface area (Å²) >= 11 is 6.45. The minimum atomic E-state index is -0.149. The summed E-state index contributed by atoms with van der Waals surface area (Å²) in [7, 11) is 0. The predicted molar refractivity (Wildman–Crippen MR) is 62.6 cm³/mol. The molecule has 1 heterocycles. The van der Waals surface area contributed by atoms with Gasteiger partial charge in [-0.15, -0.1) is 30.6 Å². The summed E-state index contributed by atoms with van der Waals surface area (Å²) in [6.45, 7) is 5.90. The van der Waals surface area contributed by atoms with Crippen LogP contribution in [-0.2, 0) is 0 Å². The third-order valence-electron chi connectivity index (χ3n) is 3.25. The van der Waals surface area contributed by atoms with Gasteiger partial charge in [0.1, 0.15) is 0 Å². The SMILES string of the molecule is C=CCC1(Cl)[C@H]2NC(=N)CC(C)[C@@H]21.Cl. The maximum absolute atomic E-state index is 7.59. The van der Waals surface area contributed by atoms with E-state index in [9.17, 15) is 0 Å². The normalized spacial score (nSPS) is 44.4. The largest absolute Gasteiger partial charge is 0.369 e. The van der Waals surface area contributed by atoms with E-state index in [1.807, 2.05) is 6.08 Å². The first-order chi connectivity index (χ1) is 6.09. The summed E-state index contributed by atoms with van der Waals surface area (Å²) < 4.78 is 0. The van der Waals surface area contributed by atoms with E-state index in [4.69, 9.17) is 17.0 Å². The van der Waals surface area contributed by atoms with Gasteiger partial charge in [-0.25, -0.2) is 0 Å². The Labute approximate surface area is 96.0 Å². The molecule has 0 bridgehead atoms. The molecule has 0 aromatic carbocycles. The fourth-order valence-electron chi connectivity index (χ4n) is 2.63. The number of allylic oxidation sites excluding steroid dienone is 1. The summed E-state index contributed by atoms with van der Waals surface area (Å²) in [5.41, 5.74) is 0. The number of halogens is 2. The molecule has 2 aliphatic rings. The van der Waals surface area contributed by atoms with E-state index in [-0.39, 0.29) is 17.3 Å². The Morgan fingerprint density at radius 1 is 1.79 bits per heavy atom. The average molecular weight is 235 g/mol. The molecule has 1 aliphatic heterocycles. The lowest BCUT2D eigenvalue weighted by Gasteiger charge is -2.18. The van der Waals surface area contributed by atoms with Gasteiger partial charge in [0.25, 0.3) is 0 Å². The van der Waals surface area contributed by atoms with Crippen LogP contribution in [0.4, 0.5) is 0 Å². The molecule has 0 spiro atoms. The van der Waals surface area contributed by atoms with Crippen molar-refractivity contribution in [2.75, 3.05) is 0 Å². The van der Waals surface area contributed by atoms with Crippen molar-refractivity contribution < 1.29 is 0 Å². The molecular weight excluding hydrogens is 219 g/mol. The first kappa shape index (κ1) is 11.9. The van der Waals surface area contributed by atoms with E-state index in [0.717, 1.165) is 12.8 Å². The Hall–Kier alpha value is -0.210. The van der Waals surface area contributed by atoms with Crippen molar-refractivity contribution in [3.05, 3.63) is 12.7 Å². The zero-order valence-corrected chi connectivity index (χ0v) is 9.79. The van der Waals surface area contributed by atoms with E-state index >= 15 is 0 Å². The quantitative estimate of drug-likeness (QED) is 0.560. The molecule has 1 saturated heterocycles. The summed E-state index contributed by atoms with van der Waals surface area (Å²) in [6.07, 6.45) is 3.56. The van der Waals surface area contributed by atoms with Crippen LogP contribution in [0.3, 0.4) is 0 Å². The zero-order chi connectivity index (χ0) is 9.64. The Kier molecular flexibility index (Phi) is 3.17. The van der Waals surface area contributed by atoms with Crippen molar-refractivity contribution in [2.45, 2.75) is 30.7 Å². The number of alkyl halides is 1. The Morgan fingerprint density at radius 2 is 2.43 bits per heavy atom. The number of hydrogen-bond donors (Lipinski definition) is 2. The standard InChI is InChI=1S/C10H15ClN2.ClH/c1-3-4-10(11)8-6(2)5-7(12)13-9(8)10;/h3,6,8-9H,1,4-5H2,2H3,(H2,12,13);1H/t6?,8-,9-,10?;/m0./s1. The lowest BCUT2D eigenvalue weighted by Crippen LogP contribution is -2.34. The second-order valence-electron chi connectivity index (χ2n) is 4.23. The Bertz CT molecular complexity index is 267. The molecule has 4 atom stereocenters. The summed E-state index contributed by atoms with van der Waals surface area (Å²) in [4.78, 5) is -0.149. The number of fused-ring (bicyclic) bond motifs is 1. The van der Waals surface area contributed by atoms with Crippen LogP contribution in [-0.4, -0.2) is 16.8 Å². The Morgan fingerprint density at radius 3 is 3.00 bits per heavy atom. The molecule has 1 saturated carbocycles. The van der Waals surface area contributed by atoms with Crippen LogP contribution >= 0.6 is 24.0 Å². The molecule has 14 heavy (non-hydrogen) atoms. The third kappa shape index (κ3) is 1.55. The zero-order valence-electron chi connectivity index (χ0n) is 8.22. The molecule has 0 aromatic heterocycles. The van der Waals surface area contributed by atoms with Gasteiger partial charge in [0.05, 0.1) is 16.8 Å². The molecule has 2 fully saturated rings. The third-order valence-corrected chi connectivity index (χ3v) is 3.89. The van der Waals surface area contributed by atoms with Crippen molar-refractivity contribution in [3.8, 4) is 0 Å². The van der Waals surface area contributed by atoms with Gasteiger partial charge in [-0.2, -0.15) is 0 Å². The van der Waals surface area contributed by atoms with E-state index in [0.29, 0.717) is 23.7 Å². The van der Waals surface area contributed by atoms with E-state index < -0.39 is 0 Å². The average Bonchev–Trinajstić information content (AvgIpc) is 2.56.